The van der Waals surface area contributed by atoms with Crippen LogP contribution in [0.1, 0.15) is 42.8 Å². The van der Waals surface area contributed by atoms with Gasteiger partial charge in [-0.3, -0.25) is 0 Å². The van der Waals surface area contributed by atoms with Crippen molar-refractivity contribution in [3.63, 3.8) is 0 Å². The van der Waals surface area contributed by atoms with E-state index in [1.165, 1.54) is 18.5 Å². The van der Waals surface area contributed by atoms with Crippen LogP contribution < -0.4 is 5.14 Å². The number of nitrogens with zero attached hydrogens (tertiary/aromatic N) is 3. The molecule has 0 spiro atoms. The fourth-order valence-electron chi connectivity index (χ4n) is 3.57. The minimum atomic E-state index is -3.70. The highest BCUT2D eigenvalue weighted by molar-refractivity contribution is 7.89. The van der Waals surface area contributed by atoms with Crippen molar-refractivity contribution in [2.45, 2.75) is 37.5 Å². The van der Waals surface area contributed by atoms with Crippen molar-refractivity contribution < 1.29 is 17.4 Å². The Morgan fingerprint density at radius 2 is 1.85 bits per heavy atom. The van der Waals surface area contributed by atoms with Crippen molar-refractivity contribution in [1.29, 1.82) is 0 Å². The summed E-state index contributed by atoms with van der Waals surface area (Å²) in [4.78, 5) is 8.60. The lowest BCUT2D eigenvalue weighted by Gasteiger charge is -2.04. The maximum atomic E-state index is 11.4. The van der Waals surface area contributed by atoms with E-state index in [0.29, 0.717) is 23.2 Å². The summed E-state index contributed by atoms with van der Waals surface area (Å²) in [6, 6.07) is 6.62. The minimum absolute atomic E-state index is 0.0589. The van der Waals surface area contributed by atoms with Crippen LogP contribution >= 0.6 is 0 Å². The fraction of sp³-hybridized carbons (Fsp3) is 0.353. The van der Waals surface area contributed by atoms with Crippen LogP contribution in [0.5, 0.6) is 0 Å². The molecule has 2 atom stereocenters. The van der Waals surface area contributed by atoms with Gasteiger partial charge in [0.15, 0.2) is 12.2 Å². The lowest BCUT2D eigenvalue weighted by Crippen LogP contribution is -2.11. The predicted octanol–water partition coefficient (Wildman–Crippen LogP) is 2.59. The van der Waals surface area contributed by atoms with E-state index in [2.05, 4.69) is 29.0 Å². The number of sulfonamides is 1. The number of primary sulfonamides is 1. The number of rotatable bonds is 4. The van der Waals surface area contributed by atoms with Crippen molar-refractivity contribution in [2.24, 2.45) is 10.6 Å². The van der Waals surface area contributed by atoms with Crippen LogP contribution in [-0.4, -0.2) is 23.5 Å². The van der Waals surface area contributed by atoms with Gasteiger partial charge in [0.2, 0.25) is 15.8 Å². The normalized spacial score (nSPS) is 21.7. The first-order valence-corrected chi connectivity index (χ1v) is 9.61. The summed E-state index contributed by atoms with van der Waals surface area (Å²) >= 11 is 0. The number of oxazole rings is 1. The second-order valence-electron chi connectivity index (χ2n) is 7.12. The molecule has 1 aromatic carbocycles. The third kappa shape index (κ3) is 2.63. The van der Waals surface area contributed by atoms with Crippen LogP contribution in [0.4, 0.5) is 0 Å². The molecule has 2 aromatic heterocycles. The summed E-state index contributed by atoms with van der Waals surface area (Å²) in [5.41, 5.74) is 1.61. The molecule has 1 saturated carbocycles. The Morgan fingerprint density at radius 1 is 1.15 bits per heavy atom. The Kier molecular flexibility index (Phi) is 3.57. The minimum Gasteiger partial charge on any atom is -0.438 e. The van der Waals surface area contributed by atoms with Gasteiger partial charge in [-0.05, 0) is 30.0 Å². The molecule has 0 amide bonds. The van der Waals surface area contributed by atoms with Crippen LogP contribution in [0.15, 0.2) is 44.5 Å². The van der Waals surface area contributed by atoms with Crippen LogP contribution in [0, 0.1) is 12.3 Å². The quantitative estimate of drug-likeness (QED) is 0.744. The third-order valence-corrected chi connectivity index (χ3v) is 5.98. The maximum Gasteiger partial charge on any atom is 0.295 e. The number of aromatic nitrogens is 3. The Morgan fingerprint density at radius 3 is 2.42 bits per heavy atom. The zero-order valence-corrected chi connectivity index (χ0v) is 15.3. The standard InChI is InChI=1S/C17H18N4O4S/c1-9-14(24-8-19-9)16-20-15(21-25-16)13-12(17(13,2)3)10-4-6-11(7-5-10)26(18,22)23/h4-8,12-13H,1-3H3,(H2,18,22,23)/t12-,13+/m0/s1. The van der Waals surface area contributed by atoms with Gasteiger partial charge < -0.3 is 8.94 Å². The number of hydrogen-bond acceptors (Lipinski definition) is 7. The van der Waals surface area contributed by atoms with Gasteiger partial charge in [-0.2, -0.15) is 4.98 Å². The smallest absolute Gasteiger partial charge is 0.295 e. The van der Waals surface area contributed by atoms with Gasteiger partial charge in [-0.25, -0.2) is 18.5 Å². The molecule has 0 unspecified atom stereocenters. The first kappa shape index (κ1) is 16.9. The molecule has 0 radical (unpaired) electrons. The molecule has 1 fully saturated rings. The summed E-state index contributed by atoms with van der Waals surface area (Å²) in [6.07, 6.45) is 1.34. The van der Waals surface area contributed by atoms with E-state index in [0.717, 1.165) is 5.56 Å². The molecule has 3 aromatic rings. The van der Waals surface area contributed by atoms with Crippen molar-refractivity contribution in [3.8, 4) is 11.7 Å². The highest BCUT2D eigenvalue weighted by atomic mass is 32.2. The monoisotopic (exact) mass is 374 g/mol. The van der Waals surface area contributed by atoms with Crippen LogP contribution in [0.2, 0.25) is 0 Å². The lowest BCUT2D eigenvalue weighted by molar-refractivity contribution is 0.406. The molecular formula is C17H18N4O4S. The number of aryl methyl sites for hydroxylation is 1. The van der Waals surface area contributed by atoms with Crippen LogP contribution in [0.3, 0.4) is 0 Å². The van der Waals surface area contributed by atoms with Crippen molar-refractivity contribution in [1.82, 2.24) is 15.1 Å². The molecule has 0 bridgehead atoms. The average Bonchev–Trinajstić information content (AvgIpc) is 2.95. The molecule has 2 heterocycles. The Labute approximate surface area is 150 Å². The molecule has 136 valence electrons. The van der Waals surface area contributed by atoms with E-state index in [1.54, 1.807) is 19.1 Å². The number of nitrogens with two attached hydrogens (primary N) is 1. The highest BCUT2D eigenvalue weighted by Crippen LogP contribution is 2.69. The number of hydrogen-bond donors (Lipinski definition) is 1. The van der Waals surface area contributed by atoms with Gasteiger partial charge in [0.25, 0.3) is 5.89 Å². The van der Waals surface area contributed by atoms with Crippen molar-refractivity contribution in [2.75, 3.05) is 0 Å². The van der Waals surface area contributed by atoms with E-state index >= 15 is 0 Å². The summed E-state index contributed by atoms with van der Waals surface area (Å²) in [5.74, 6) is 1.58. The van der Waals surface area contributed by atoms with Crippen LogP contribution in [-0.2, 0) is 10.0 Å². The number of benzene rings is 1. The molecule has 0 saturated heterocycles. The van der Waals surface area contributed by atoms with Crippen LogP contribution in [0.25, 0.3) is 11.7 Å². The molecule has 1 aliphatic rings. The molecule has 8 nitrogen and oxygen atoms in total. The highest BCUT2D eigenvalue weighted by Gasteiger charge is 2.61. The summed E-state index contributed by atoms with van der Waals surface area (Å²) < 4.78 is 33.5. The van der Waals surface area contributed by atoms with Gasteiger partial charge in [0, 0.05) is 11.8 Å². The van der Waals surface area contributed by atoms with Crippen molar-refractivity contribution in [3.05, 3.63) is 47.7 Å². The maximum absolute atomic E-state index is 11.4. The zero-order valence-electron chi connectivity index (χ0n) is 14.5. The molecule has 9 heteroatoms. The SMILES string of the molecule is Cc1ncoc1-c1nc([C@H]2[C@H](c3ccc(S(N)(=O)=O)cc3)C2(C)C)no1. The first-order chi connectivity index (χ1) is 12.2. The van der Waals surface area contributed by atoms with Gasteiger partial charge in [-0.15, -0.1) is 0 Å². The van der Waals surface area contributed by atoms with Gasteiger partial charge >= 0.3 is 0 Å². The fourth-order valence-corrected chi connectivity index (χ4v) is 4.08. The van der Waals surface area contributed by atoms with E-state index in [-0.39, 0.29) is 22.1 Å². The lowest BCUT2D eigenvalue weighted by atomic mass is 10.0. The van der Waals surface area contributed by atoms with E-state index in [9.17, 15) is 8.42 Å². The van der Waals surface area contributed by atoms with E-state index < -0.39 is 10.0 Å². The van der Waals surface area contributed by atoms with Gasteiger partial charge in [0.1, 0.15) is 0 Å². The molecule has 0 aliphatic heterocycles. The average molecular weight is 374 g/mol. The van der Waals surface area contributed by atoms with E-state index in [4.69, 9.17) is 14.1 Å². The third-order valence-electron chi connectivity index (χ3n) is 5.05. The molecule has 1 aliphatic carbocycles. The zero-order chi connectivity index (χ0) is 18.7. The van der Waals surface area contributed by atoms with E-state index in [1.807, 2.05) is 0 Å². The predicted molar refractivity (Wildman–Crippen MR) is 91.6 cm³/mol. The summed E-state index contributed by atoms with van der Waals surface area (Å²) in [5, 5.41) is 9.27. The Balaban J connectivity index is 1.63. The molecule has 26 heavy (non-hydrogen) atoms. The Hall–Kier alpha value is -2.52. The largest absolute Gasteiger partial charge is 0.438 e. The molecule has 4 rings (SSSR count). The Bertz CT molecular complexity index is 1070. The molecular weight excluding hydrogens is 356 g/mol. The second kappa shape index (κ2) is 5.49. The van der Waals surface area contributed by atoms with Gasteiger partial charge in [0.05, 0.1) is 10.6 Å². The topological polar surface area (TPSA) is 125 Å². The second-order valence-corrected chi connectivity index (χ2v) is 8.68. The molecule has 2 N–H and O–H groups in total. The van der Waals surface area contributed by atoms with Gasteiger partial charge in [-0.1, -0.05) is 31.1 Å². The summed E-state index contributed by atoms with van der Waals surface area (Å²) in [7, 11) is -3.70. The summed E-state index contributed by atoms with van der Waals surface area (Å²) in [6.45, 7) is 6.04. The van der Waals surface area contributed by atoms with Crippen molar-refractivity contribution >= 4 is 10.0 Å². The first-order valence-electron chi connectivity index (χ1n) is 8.06.